The molecule has 1 aliphatic heterocycles. The van der Waals surface area contributed by atoms with Gasteiger partial charge in [-0.25, -0.2) is 9.80 Å². The lowest BCUT2D eigenvalue weighted by atomic mass is 10.0. The molecule has 0 bridgehead atoms. The molecule has 26 heavy (non-hydrogen) atoms. The van der Waals surface area contributed by atoms with Gasteiger partial charge in [-0.15, -0.1) is 0 Å². The highest BCUT2D eigenvalue weighted by Gasteiger charge is 2.31. The minimum Gasteiger partial charge on any atom is -0.445 e. The van der Waals surface area contributed by atoms with E-state index in [1.807, 2.05) is 60.7 Å². The zero-order valence-electron chi connectivity index (χ0n) is 14.5. The van der Waals surface area contributed by atoms with Crippen molar-refractivity contribution in [1.29, 1.82) is 0 Å². The highest BCUT2D eigenvalue weighted by atomic mass is 16.5. The first kappa shape index (κ1) is 17.7. The van der Waals surface area contributed by atoms with Gasteiger partial charge >= 0.3 is 6.09 Å². The molecule has 0 aliphatic carbocycles. The van der Waals surface area contributed by atoms with Gasteiger partial charge in [0.15, 0.2) is 0 Å². The minimum absolute atomic E-state index is 0.145. The van der Waals surface area contributed by atoms with E-state index >= 15 is 0 Å². The Kier molecular flexibility index (Phi) is 5.63. The summed E-state index contributed by atoms with van der Waals surface area (Å²) in [4.78, 5) is 24.6. The smallest absolute Gasteiger partial charge is 0.408 e. The molecule has 0 saturated carbocycles. The summed E-state index contributed by atoms with van der Waals surface area (Å²) in [6, 6.07) is 18.2. The van der Waals surface area contributed by atoms with Crippen LogP contribution in [-0.2, 0) is 16.1 Å². The Bertz CT molecular complexity index is 777. The highest BCUT2D eigenvalue weighted by Crippen LogP contribution is 2.28. The van der Waals surface area contributed by atoms with Crippen molar-refractivity contribution in [3.05, 3.63) is 71.8 Å². The second-order valence-corrected chi connectivity index (χ2v) is 6.07. The van der Waals surface area contributed by atoms with Crippen molar-refractivity contribution >= 4 is 18.2 Å². The number of hydrazone groups is 1. The van der Waals surface area contributed by atoms with Gasteiger partial charge in [0, 0.05) is 12.6 Å². The molecule has 0 spiro atoms. The summed E-state index contributed by atoms with van der Waals surface area (Å²) >= 11 is 0. The monoisotopic (exact) mass is 351 g/mol. The topological polar surface area (TPSA) is 71.0 Å². The van der Waals surface area contributed by atoms with Gasteiger partial charge in [0.1, 0.15) is 12.6 Å². The van der Waals surface area contributed by atoms with Crippen molar-refractivity contribution in [2.24, 2.45) is 5.10 Å². The van der Waals surface area contributed by atoms with Gasteiger partial charge in [-0.05, 0) is 18.1 Å². The largest absolute Gasteiger partial charge is 0.445 e. The lowest BCUT2D eigenvalue weighted by Gasteiger charge is -2.25. The molecule has 0 fully saturated rings. The zero-order valence-corrected chi connectivity index (χ0v) is 14.5. The highest BCUT2D eigenvalue weighted by molar-refractivity contribution is 5.87. The van der Waals surface area contributed by atoms with Crippen LogP contribution in [0, 0.1) is 0 Å². The van der Waals surface area contributed by atoms with Crippen LogP contribution >= 0.6 is 0 Å². The lowest BCUT2D eigenvalue weighted by molar-refractivity contribution is -0.134. The standard InChI is InChI=1S/C20H21N3O3/c1-15(22-20(25)26-14-16-8-4-2-5-9-16)19(24)23-18(12-13-21-23)17-10-6-3-7-11-17/h2-11,13,15,18H,12,14H2,1H3,(H,22,25)/t15-,18?/m1/s1. The number of benzene rings is 2. The van der Waals surface area contributed by atoms with Crippen LogP contribution in [0.25, 0.3) is 0 Å². The Morgan fingerprint density at radius 1 is 1.15 bits per heavy atom. The van der Waals surface area contributed by atoms with Gasteiger partial charge < -0.3 is 10.1 Å². The molecular weight excluding hydrogens is 330 g/mol. The molecule has 6 nitrogen and oxygen atoms in total. The van der Waals surface area contributed by atoms with E-state index in [2.05, 4.69) is 10.4 Å². The average Bonchev–Trinajstić information content (AvgIpc) is 3.17. The van der Waals surface area contributed by atoms with Crippen molar-refractivity contribution in [1.82, 2.24) is 10.3 Å². The second-order valence-electron chi connectivity index (χ2n) is 6.07. The molecule has 2 amide bonds. The van der Waals surface area contributed by atoms with Gasteiger partial charge in [-0.3, -0.25) is 4.79 Å². The first-order valence-electron chi connectivity index (χ1n) is 8.53. The summed E-state index contributed by atoms with van der Waals surface area (Å²) in [5.74, 6) is -0.274. The Labute approximate surface area is 152 Å². The van der Waals surface area contributed by atoms with Crippen LogP contribution < -0.4 is 5.32 Å². The molecule has 0 radical (unpaired) electrons. The molecule has 1 unspecified atom stereocenters. The van der Waals surface area contributed by atoms with E-state index in [4.69, 9.17) is 4.74 Å². The predicted molar refractivity (Wildman–Crippen MR) is 98.4 cm³/mol. The third kappa shape index (κ3) is 4.27. The summed E-state index contributed by atoms with van der Waals surface area (Å²) < 4.78 is 5.16. The third-order valence-corrected chi connectivity index (χ3v) is 4.16. The number of nitrogens with zero attached hydrogens (tertiary/aromatic N) is 2. The summed E-state index contributed by atoms with van der Waals surface area (Å²) in [5.41, 5.74) is 1.90. The average molecular weight is 351 g/mol. The maximum atomic E-state index is 12.7. The molecule has 1 aliphatic rings. The first-order chi connectivity index (χ1) is 12.6. The van der Waals surface area contributed by atoms with Crippen LogP contribution in [0.1, 0.15) is 30.5 Å². The van der Waals surface area contributed by atoms with E-state index < -0.39 is 12.1 Å². The van der Waals surface area contributed by atoms with E-state index in [0.29, 0.717) is 6.42 Å². The number of hydrogen-bond acceptors (Lipinski definition) is 4. The van der Waals surface area contributed by atoms with Crippen molar-refractivity contribution in [2.45, 2.75) is 32.0 Å². The van der Waals surface area contributed by atoms with Crippen molar-refractivity contribution in [3.8, 4) is 0 Å². The number of hydrogen-bond donors (Lipinski definition) is 1. The number of ether oxygens (including phenoxy) is 1. The molecule has 0 saturated heterocycles. The molecule has 3 rings (SSSR count). The van der Waals surface area contributed by atoms with Crippen LogP contribution in [0.15, 0.2) is 65.8 Å². The van der Waals surface area contributed by atoms with Crippen molar-refractivity contribution in [3.63, 3.8) is 0 Å². The Balaban J connectivity index is 1.55. The van der Waals surface area contributed by atoms with Gasteiger partial charge in [-0.2, -0.15) is 5.10 Å². The van der Waals surface area contributed by atoms with Crippen LogP contribution in [0.5, 0.6) is 0 Å². The zero-order chi connectivity index (χ0) is 18.4. The van der Waals surface area contributed by atoms with E-state index in [1.54, 1.807) is 13.1 Å². The van der Waals surface area contributed by atoms with Crippen molar-refractivity contribution in [2.75, 3.05) is 0 Å². The van der Waals surface area contributed by atoms with Gasteiger partial charge in [0.2, 0.25) is 0 Å². The Morgan fingerprint density at radius 3 is 2.50 bits per heavy atom. The number of nitrogens with one attached hydrogen (secondary N) is 1. The fraction of sp³-hybridized carbons (Fsp3) is 0.250. The van der Waals surface area contributed by atoms with Gasteiger partial charge in [-0.1, -0.05) is 60.7 Å². The van der Waals surface area contributed by atoms with E-state index in [9.17, 15) is 9.59 Å². The number of rotatable bonds is 5. The first-order valence-corrected chi connectivity index (χ1v) is 8.53. The Hall–Kier alpha value is -3.15. The quantitative estimate of drug-likeness (QED) is 0.899. The number of carbonyl (C=O) groups excluding carboxylic acids is 2. The molecule has 134 valence electrons. The SMILES string of the molecule is C[C@@H](NC(=O)OCc1ccccc1)C(=O)N1N=CCC1c1ccccc1. The minimum atomic E-state index is -0.736. The molecule has 6 heteroatoms. The third-order valence-electron chi connectivity index (χ3n) is 4.16. The fourth-order valence-corrected chi connectivity index (χ4v) is 2.78. The molecular formula is C20H21N3O3. The second kappa shape index (κ2) is 8.29. The molecule has 2 atom stereocenters. The molecule has 1 heterocycles. The lowest BCUT2D eigenvalue weighted by Crippen LogP contribution is -2.45. The maximum Gasteiger partial charge on any atom is 0.408 e. The van der Waals surface area contributed by atoms with Crippen LogP contribution in [0.2, 0.25) is 0 Å². The number of carbonyl (C=O) groups is 2. The molecule has 2 aromatic rings. The van der Waals surface area contributed by atoms with E-state index in [1.165, 1.54) is 5.01 Å². The van der Waals surface area contributed by atoms with Crippen LogP contribution in [0.3, 0.4) is 0 Å². The maximum absolute atomic E-state index is 12.7. The molecule has 2 aromatic carbocycles. The Morgan fingerprint density at radius 2 is 1.81 bits per heavy atom. The predicted octanol–water partition coefficient (Wildman–Crippen LogP) is 3.26. The van der Waals surface area contributed by atoms with E-state index in [0.717, 1.165) is 11.1 Å². The van der Waals surface area contributed by atoms with Crippen LogP contribution in [0.4, 0.5) is 4.79 Å². The summed E-state index contributed by atoms with van der Waals surface area (Å²) in [5, 5.41) is 8.18. The number of alkyl carbamates (subject to hydrolysis) is 1. The van der Waals surface area contributed by atoms with Gasteiger partial charge in [0.05, 0.1) is 6.04 Å². The molecule has 0 aromatic heterocycles. The van der Waals surface area contributed by atoms with Gasteiger partial charge in [0.25, 0.3) is 5.91 Å². The summed E-state index contributed by atoms with van der Waals surface area (Å²) in [7, 11) is 0. The van der Waals surface area contributed by atoms with Crippen molar-refractivity contribution < 1.29 is 14.3 Å². The summed E-state index contributed by atoms with van der Waals surface area (Å²) in [6.07, 6.45) is 1.74. The molecule has 1 N–H and O–H groups in total. The number of amides is 2. The normalized spacial score (nSPS) is 17.0. The summed E-state index contributed by atoms with van der Waals surface area (Å²) in [6.45, 7) is 1.78. The van der Waals surface area contributed by atoms with Crippen LogP contribution in [-0.4, -0.2) is 29.3 Å². The van der Waals surface area contributed by atoms with E-state index in [-0.39, 0.29) is 18.6 Å². The fourth-order valence-electron chi connectivity index (χ4n) is 2.78.